The summed E-state index contributed by atoms with van der Waals surface area (Å²) in [6, 6.07) is 9.17. The summed E-state index contributed by atoms with van der Waals surface area (Å²) in [5.74, 6) is -1.13. The number of nitrogens with zero attached hydrogens (tertiary/aromatic N) is 2. The molecule has 2 aromatic carbocycles. The summed E-state index contributed by atoms with van der Waals surface area (Å²) in [6.07, 6.45) is 1.51. The maximum absolute atomic E-state index is 12.9. The second-order valence-electron chi connectivity index (χ2n) is 6.60. The number of carbonyl (C=O) groups is 3. The van der Waals surface area contributed by atoms with E-state index in [1.54, 1.807) is 25.1 Å². The molecule has 0 aliphatic carbocycles. The number of aliphatic carboxylic acids is 1. The van der Waals surface area contributed by atoms with Crippen molar-refractivity contribution in [2.24, 2.45) is 0 Å². The Bertz CT molecular complexity index is 1170. The molecule has 1 aliphatic rings. The van der Waals surface area contributed by atoms with E-state index in [0.29, 0.717) is 21.5 Å². The molecule has 0 atom stereocenters. The number of ether oxygens (including phenoxy) is 2. The summed E-state index contributed by atoms with van der Waals surface area (Å²) in [5, 5.41) is 19.6. The number of carbonyl (C=O) groups excluding carboxylic acids is 2. The highest BCUT2D eigenvalue weighted by molar-refractivity contribution is 14.1. The van der Waals surface area contributed by atoms with Crippen molar-refractivity contribution in [1.82, 2.24) is 4.90 Å². The molecule has 0 bridgehead atoms. The highest BCUT2D eigenvalue weighted by Crippen LogP contribution is 2.38. The van der Waals surface area contributed by atoms with Gasteiger partial charge in [-0.15, -0.1) is 0 Å². The smallest absolute Gasteiger partial charge is 0.341 e. The molecule has 0 saturated carbocycles. The van der Waals surface area contributed by atoms with Crippen LogP contribution in [0.1, 0.15) is 18.1 Å². The van der Waals surface area contributed by atoms with Crippen molar-refractivity contribution >= 4 is 63.2 Å². The molecule has 0 spiro atoms. The lowest BCUT2D eigenvalue weighted by Crippen LogP contribution is -2.27. The molecule has 33 heavy (non-hydrogen) atoms. The fourth-order valence-corrected chi connectivity index (χ4v) is 4.61. The van der Waals surface area contributed by atoms with E-state index in [1.165, 1.54) is 24.3 Å². The average molecular weight is 584 g/mol. The molecule has 2 amide bonds. The first-order valence-electron chi connectivity index (χ1n) is 9.49. The summed E-state index contributed by atoms with van der Waals surface area (Å²) < 4.78 is 11.4. The molecule has 3 rings (SSSR count). The quantitative estimate of drug-likeness (QED) is 0.198. The van der Waals surface area contributed by atoms with Crippen LogP contribution in [0.3, 0.4) is 0 Å². The Morgan fingerprint density at radius 1 is 1.27 bits per heavy atom. The number of imide groups is 1. The van der Waals surface area contributed by atoms with Gasteiger partial charge in [-0.05, 0) is 65.0 Å². The normalized spacial score (nSPS) is 14.6. The van der Waals surface area contributed by atoms with Crippen LogP contribution >= 0.6 is 34.4 Å². The van der Waals surface area contributed by atoms with Crippen molar-refractivity contribution in [3.8, 4) is 11.5 Å². The first-order valence-corrected chi connectivity index (χ1v) is 11.4. The van der Waals surface area contributed by atoms with Gasteiger partial charge in [0.15, 0.2) is 18.1 Å². The molecule has 0 radical (unpaired) electrons. The Balaban J connectivity index is 1.88. The lowest BCUT2D eigenvalue weighted by atomic mass is 10.1. The molecule has 1 N–H and O–H groups in total. The number of amides is 2. The topological polar surface area (TPSA) is 136 Å². The van der Waals surface area contributed by atoms with Crippen LogP contribution < -0.4 is 9.47 Å². The fourth-order valence-electron chi connectivity index (χ4n) is 2.99. The number of halogens is 1. The maximum Gasteiger partial charge on any atom is 0.341 e. The predicted molar refractivity (Wildman–Crippen MR) is 128 cm³/mol. The van der Waals surface area contributed by atoms with Crippen LogP contribution in [0, 0.1) is 13.7 Å². The molecule has 172 valence electrons. The van der Waals surface area contributed by atoms with Gasteiger partial charge in [-0.1, -0.05) is 18.2 Å². The van der Waals surface area contributed by atoms with E-state index in [9.17, 15) is 24.5 Å². The molecule has 1 heterocycles. The largest absolute Gasteiger partial charge is 0.490 e. The average Bonchev–Trinajstić information content (AvgIpc) is 3.00. The van der Waals surface area contributed by atoms with Crippen molar-refractivity contribution in [3.05, 3.63) is 66.1 Å². The second kappa shape index (κ2) is 10.7. The first kappa shape index (κ1) is 24.5. The Hall–Kier alpha value is -3.13. The molecule has 1 fully saturated rings. The molecule has 1 saturated heterocycles. The van der Waals surface area contributed by atoms with Gasteiger partial charge in [0.2, 0.25) is 0 Å². The van der Waals surface area contributed by atoms with Crippen LogP contribution in [-0.4, -0.2) is 45.3 Å². The molecular formula is C21H17IN2O8S. The van der Waals surface area contributed by atoms with E-state index in [2.05, 4.69) is 0 Å². The number of nitro benzene ring substituents is 1. The summed E-state index contributed by atoms with van der Waals surface area (Å²) in [6.45, 7) is 1.30. The first-order chi connectivity index (χ1) is 15.7. The third-order valence-electron chi connectivity index (χ3n) is 4.36. The number of nitro groups is 1. The minimum Gasteiger partial charge on any atom is -0.490 e. The van der Waals surface area contributed by atoms with Crippen LogP contribution in [0.15, 0.2) is 41.3 Å². The van der Waals surface area contributed by atoms with Crippen LogP contribution in [0.25, 0.3) is 6.08 Å². The van der Waals surface area contributed by atoms with Crippen molar-refractivity contribution in [3.63, 3.8) is 0 Å². The van der Waals surface area contributed by atoms with Crippen molar-refractivity contribution in [2.45, 2.75) is 13.5 Å². The van der Waals surface area contributed by atoms with Gasteiger partial charge < -0.3 is 14.6 Å². The molecule has 10 nitrogen and oxygen atoms in total. The summed E-state index contributed by atoms with van der Waals surface area (Å²) in [5.41, 5.74) is 0.620. The number of para-hydroxylation sites is 1. The van der Waals surface area contributed by atoms with E-state index < -0.39 is 28.6 Å². The number of benzene rings is 2. The zero-order chi connectivity index (χ0) is 24.1. The van der Waals surface area contributed by atoms with Gasteiger partial charge >= 0.3 is 5.97 Å². The number of rotatable bonds is 9. The molecule has 0 aromatic heterocycles. The summed E-state index contributed by atoms with van der Waals surface area (Å²) in [7, 11) is 0. The van der Waals surface area contributed by atoms with Crippen LogP contribution in [0.2, 0.25) is 0 Å². The molecular weight excluding hydrogens is 567 g/mol. The van der Waals surface area contributed by atoms with Crippen molar-refractivity contribution in [2.75, 3.05) is 13.2 Å². The van der Waals surface area contributed by atoms with E-state index in [4.69, 9.17) is 14.6 Å². The van der Waals surface area contributed by atoms with Gasteiger partial charge in [-0.3, -0.25) is 24.6 Å². The van der Waals surface area contributed by atoms with Gasteiger partial charge in [-0.25, -0.2) is 4.79 Å². The number of hydrogen-bond acceptors (Lipinski definition) is 8. The Morgan fingerprint density at radius 2 is 2.00 bits per heavy atom. The Labute approximate surface area is 205 Å². The number of thioether (sulfide) groups is 1. The van der Waals surface area contributed by atoms with Gasteiger partial charge in [-0.2, -0.15) is 0 Å². The zero-order valence-electron chi connectivity index (χ0n) is 17.1. The van der Waals surface area contributed by atoms with Crippen molar-refractivity contribution < 1.29 is 33.9 Å². The van der Waals surface area contributed by atoms with E-state index in [0.717, 1.165) is 16.7 Å². The number of carboxylic acids is 1. The summed E-state index contributed by atoms with van der Waals surface area (Å²) >= 11 is 2.69. The maximum atomic E-state index is 12.9. The van der Waals surface area contributed by atoms with E-state index >= 15 is 0 Å². The third kappa shape index (κ3) is 5.82. The predicted octanol–water partition coefficient (Wildman–Crippen LogP) is 4.30. The zero-order valence-corrected chi connectivity index (χ0v) is 20.1. The van der Waals surface area contributed by atoms with Gasteiger partial charge in [0, 0.05) is 11.6 Å². The Kier molecular flexibility index (Phi) is 7.92. The third-order valence-corrected chi connectivity index (χ3v) is 6.07. The van der Waals surface area contributed by atoms with E-state index in [1.807, 2.05) is 22.6 Å². The second-order valence-corrected chi connectivity index (χ2v) is 8.75. The van der Waals surface area contributed by atoms with Crippen LogP contribution in [0.5, 0.6) is 11.5 Å². The van der Waals surface area contributed by atoms with Crippen molar-refractivity contribution in [1.29, 1.82) is 0 Å². The fraction of sp³-hybridized carbons (Fsp3) is 0.190. The Morgan fingerprint density at radius 3 is 2.67 bits per heavy atom. The highest BCUT2D eigenvalue weighted by Gasteiger charge is 2.36. The van der Waals surface area contributed by atoms with E-state index in [-0.39, 0.29) is 28.5 Å². The van der Waals surface area contributed by atoms with Gasteiger partial charge in [0.1, 0.15) is 0 Å². The highest BCUT2D eigenvalue weighted by atomic mass is 127. The number of hydrogen-bond donors (Lipinski definition) is 1. The number of carboxylic acid groups (broad SMARTS) is 1. The minimum atomic E-state index is -1.13. The lowest BCUT2D eigenvalue weighted by Gasteiger charge is -2.14. The monoisotopic (exact) mass is 584 g/mol. The molecule has 0 unspecified atom stereocenters. The standard InChI is InChI=1S/C21H17IN2O8S/c1-2-31-16-8-12(7-14(22)19(16)32-11-18(25)26)9-17-20(27)23(21(28)33-17)10-13-5-3-4-6-15(13)24(29)30/h3-9H,2,10-11H2,1H3,(H,25,26)/b17-9-. The molecule has 12 heteroatoms. The summed E-state index contributed by atoms with van der Waals surface area (Å²) in [4.78, 5) is 48.0. The van der Waals surface area contributed by atoms with Crippen LogP contribution in [0.4, 0.5) is 10.5 Å². The van der Waals surface area contributed by atoms with Gasteiger partial charge in [0.05, 0.1) is 26.6 Å². The van der Waals surface area contributed by atoms with Gasteiger partial charge in [0.25, 0.3) is 16.8 Å². The molecule has 2 aromatic rings. The SMILES string of the molecule is CCOc1cc(/C=C2\SC(=O)N(Cc3ccccc3[N+](=O)[O-])C2=O)cc(I)c1OCC(=O)O. The minimum absolute atomic E-state index is 0.149. The van der Waals surface area contributed by atoms with Crippen LogP contribution in [-0.2, 0) is 16.1 Å². The molecule has 1 aliphatic heterocycles. The lowest BCUT2D eigenvalue weighted by molar-refractivity contribution is -0.385.